The summed E-state index contributed by atoms with van der Waals surface area (Å²) >= 11 is 1.80. The number of phenolic OH excluding ortho intramolecular Hbond substituents is 2. The summed E-state index contributed by atoms with van der Waals surface area (Å²) in [6.07, 6.45) is 18.8. The summed E-state index contributed by atoms with van der Waals surface area (Å²) in [4.78, 5) is 2.32. The Morgan fingerprint density at radius 3 is 1.52 bits per heavy atom. The average molecular weight is 664 g/mol. The number of hydrogen-bond donors (Lipinski definition) is 2. The smallest absolute Gasteiger partial charge is 0.144 e. The van der Waals surface area contributed by atoms with Crippen LogP contribution >= 0.6 is 11.8 Å². The summed E-state index contributed by atoms with van der Waals surface area (Å²) in [5.41, 5.74) is 13.4. The predicted molar refractivity (Wildman–Crippen MR) is 210 cm³/mol. The van der Waals surface area contributed by atoms with Crippen LogP contribution in [0, 0.1) is 34.6 Å². The third-order valence-corrected chi connectivity index (χ3v) is 9.81. The fourth-order valence-corrected chi connectivity index (χ4v) is 7.01. The molecule has 2 N–H and O–H groups in total. The fourth-order valence-electron chi connectivity index (χ4n) is 6.57. The van der Waals surface area contributed by atoms with Gasteiger partial charge < -0.3 is 19.3 Å². The van der Waals surface area contributed by atoms with Crippen LogP contribution in [0.4, 0.5) is 0 Å². The molecule has 0 saturated carbocycles. The number of aromatic hydroxyl groups is 2. The zero-order valence-electron chi connectivity index (χ0n) is 30.5. The fraction of sp³-hybridized carbons (Fsp3) is 0.333. The Hall–Kier alpha value is -4.13. The number of aryl methyl sites for hydroxylation is 1. The quantitative estimate of drug-likeness (QED) is 0.149. The number of para-hydroxylation sites is 1. The maximum absolute atomic E-state index is 12.0. The highest BCUT2D eigenvalue weighted by molar-refractivity contribution is 7.98. The molecule has 5 nitrogen and oxygen atoms in total. The second-order valence-electron chi connectivity index (χ2n) is 12.5. The summed E-state index contributed by atoms with van der Waals surface area (Å²) in [5, 5.41) is 23.8. The Morgan fingerprint density at radius 2 is 1.06 bits per heavy atom. The van der Waals surface area contributed by atoms with Gasteiger partial charge in [0.2, 0.25) is 0 Å². The second kappa shape index (κ2) is 16.3. The van der Waals surface area contributed by atoms with Crippen LogP contribution in [0.3, 0.4) is 0 Å². The standard InChI is InChI=1S/C42H53N3O2S/c1-11-16-35-29(6)30(7)36(17-12-2)44(35)39-21-15-20-33(41(39)46)26-43(22-23-48-10)27-34-24-28(5)25-40(42(34)47)45-37(18-13-3)31(8)32(9)38(45)19-14-4/h11-21,24-25,46-47H,22-23,26-27H2,1-10H3/b16-11-,17-12-,18-13-,19-14-. The maximum Gasteiger partial charge on any atom is 0.144 e. The van der Waals surface area contributed by atoms with Crippen LogP contribution in [0.15, 0.2) is 54.6 Å². The minimum atomic E-state index is 0.276. The summed E-state index contributed by atoms with van der Waals surface area (Å²) in [6, 6.07) is 10.2. The minimum absolute atomic E-state index is 0.276. The molecule has 0 fully saturated rings. The molecule has 0 aliphatic rings. The zero-order chi connectivity index (χ0) is 35.1. The molecule has 0 aliphatic carbocycles. The van der Waals surface area contributed by atoms with E-state index in [-0.39, 0.29) is 11.5 Å². The largest absolute Gasteiger partial charge is 0.505 e. The van der Waals surface area contributed by atoms with Gasteiger partial charge >= 0.3 is 0 Å². The molecule has 0 atom stereocenters. The van der Waals surface area contributed by atoms with Gasteiger partial charge in [-0.1, -0.05) is 42.5 Å². The molecule has 48 heavy (non-hydrogen) atoms. The highest BCUT2D eigenvalue weighted by Gasteiger charge is 2.23. The van der Waals surface area contributed by atoms with Gasteiger partial charge in [-0.2, -0.15) is 11.8 Å². The van der Waals surface area contributed by atoms with Gasteiger partial charge in [-0.05, 0) is 133 Å². The number of nitrogens with zero attached hydrogens (tertiary/aromatic N) is 3. The lowest BCUT2D eigenvalue weighted by atomic mass is 10.1. The molecular formula is C42H53N3O2S. The van der Waals surface area contributed by atoms with Gasteiger partial charge in [-0.25, -0.2) is 0 Å². The summed E-state index contributed by atoms with van der Waals surface area (Å²) in [6.45, 7) is 20.6. The third kappa shape index (κ3) is 7.30. The number of aromatic nitrogens is 2. The molecule has 2 aromatic heterocycles. The molecule has 0 spiro atoms. The highest BCUT2D eigenvalue weighted by atomic mass is 32.2. The number of allylic oxidation sites excluding steroid dienone is 4. The van der Waals surface area contributed by atoms with Gasteiger partial charge in [-0.15, -0.1) is 0 Å². The van der Waals surface area contributed by atoms with Crippen LogP contribution in [-0.2, 0) is 13.1 Å². The Labute approximate surface area is 292 Å². The van der Waals surface area contributed by atoms with E-state index in [0.29, 0.717) is 13.1 Å². The number of phenols is 2. The maximum atomic E-state index is 12.0. The third-order valence-electron chi connectivity index (χ3n) is 9.22. The lowest BCUT2D eigenvalue weighted by Crippen LogP contribution is -2.26. The first-order valence-corrected chi connectivity index (χ1v) is 18.2. The Morgan fingerprint density at radius 1 is 0.625 bits per heavy atom. The van der Waals surface area contributed by atoms with Crippen molar-refractivity contribution in [1.82, 2.24) is 14.0 Å². The second-order valence-corrected chi connectivity index (χ2v) is 13.5. The summed E-state index contributed by atoms with van der Waals surface area (Å²) < 4.78 is 4.35. The van der Waals surface area contributed by atoms with Gasteiger partial charge in [0.15, 0.2) is 0 Å². The number of thioether (sulfide) groups is 1. The molecule has 0 radical (unpaired) electrons. The van der Waals surface area contributed by atoms with Gasteiger partial charge in [-0.3, -0.25) is 4.90 Å². The zero-order valence-corrected chi connectivity index (χ0v) is 31.3. The molecule has 0 bridgehead atoms. The first-order valence-electron chi connectivity index (χ1n) is 16.8. The normalized spacial score (nSPS) is 12.4. The molecule has 2 aromatic carbocycles. The lowest BCUT2D eigenvalue weighted by molar-refractivity contribution is 0.265. The minimum Gasteiger partial charge on any atom is -0.505 e. The van der Waals surface area contributed by atoms with Crippen LogP contribution in [-0.4, -0.2) is 42.8 Å². The molecule has 2 heterocycles. The first kappa shape index (κ1) is 36.7. The van der Waals surface area contributed by atoms with Gasteiger partial charge in [0, 0.05) is 59.3 Å². The highest BCUT2D eigenvalue weighted by Crippen LogP contribution is 2.38. The van der Waals surface area contributed by atoms with E-state index in [9.17, 15) is 10.2 Å². The number of rotatable bonds is 13. The van der Waals surface area contributed by atoms with E-state index in [0.717, 1.165) is 63.1 Å². The SMILES string of the molecule is C/C=C\c1c(C)c(C)c(/C=C\C)n1-c1cccc(CN(CCSC)Cc2cc(C)cc(-n3c(/C=C\C)c(C)c(C)c3/C=C\C)c2O)c1O. The van der Waals surface area contributed by atoms with Gasteiger partial charge in [0.25, 0.3) is 0 Å². The predicted octanol–water partition coefficient (Wildman–Crippen LogP) is 10.7. The molecule has 0 unspecified atom stereocenters. The van der Waals surface area contributed by atoms with E-state index in [1.807, 2.05) is 58.0 Å². The molecule has 4 rings (SSSR count). The van der Waals surface area contributed by atoms with E-state index < -0.39 is 0 Å². The molecule has 6 heteroatoms. The van der Waals surface area contributed by atoms with Crippen molar-refractivity contribution < 1.29 is 10.2 Å². The Bertz CT molecular complexity index is 1810. The van der Waals surface area contributed by atoms with E-state index in [1.54, 1.807) is 11.8 Å². The Balaban J connectivity index is 1.82. The van der Waals surface area contributed by atoms with Crippen molar-refractivity contribution >= 4 is 36.1 Å². The van der Waals surface area contributed by atoms with Crippen LogP contribution in [0.5, 0.6) is 11.5 Å². The number of benzene rings is 2. The van der Waals surface area contributed by atoms with Crippen LogP contribution in [0.1, 0.15) is 89.4 Å². The average Bonchev–Trinajstić information content (AvgIpc) is 3.43. The number of hydrogen-bond acceptors (Lipinski definition) is 4. The van der Waals surface area contributed by atoms with Crippen molar-refractivity contribution in [2.45, 2.75) is 75.4 Å². The molecule has 0 saturated heterocycles. The Kier molecular flexibility index (Phi) is 12.5. The molecule has 254 valence electrons. The van der Waals surface area contributed by atoms with Crippen LogP contribution in [0.2, 0.25) is 0 Å². The van der Waals surface area contributed by atoms with E-state index in [2.05, 4.69) is 103 Å². The first-order chi connectivity index (χ1) is 23.0. The summed E-state index contributed by atoms with van der Waals surface area (Å²) in [5.74, 6) is 1.49. The topological polar surface area (TPSA) is 53.6 Å². The van der Waals surface area contributed by atoms with Gasteiger partial charge in [0.1, 0.15) is 11.5 Å². The van der Waals surface area contributed by atoms with Crippen molar-refractivity contribution in [3.05, 3.63) is 116 Å². The van der Waals surface area contributed by atoms with E-state index in [1.165, 1.54) is 22.3 Å². The molecule has 0 amide bonds. The molecule has 0 aliphatic heterocycles. The van der Waals surface area contributed by atoms with Crippen LogP contribution in [0.25, 0.3) is 35.7 Å². The van der Waals surface area contributed by atoms with Crippen molar-refractivity contribution in [2.75, 3.05) is 18.6 Å². The van der Waals surface area contributed by atoms with Gasteiger partial charge in [0.05, 0.1) is 11.4 Å². The lowest BCUT2D eigenvalue weighted by Gasteiger charge is -2.25. The van der Waals surface area contributed by atoms with Crippen LogP contribution < -0.4 is 0 Å². The van der Waals surface area contributed by atoms with Crippen molar-refractivity contribution in [3.8, 4) is 22.9 Å². The van der Waals surface area contributed by atoms with E-state index in [4.69, 9.17) is 0 Å². The molecule has 4 aromatic rings. The van der Waals surface area contributed by atoms with Crippen molar-refractivity contribution in [2.24, 2.45) is 0 Å². The molecular weight excluding hydrogens is 611 g/mol. The monoisotopic (exact) mass is 663 g/mol. The van der Waals surface area contributed by atoms with E-state index >= 15 is 0 Å². The van der Waals surface area contributed by atoms with Crippen molar-refractivity contribution in [3.63, 3.8) is 0 Å². The van der Waals surface area contributed by atoms with Crippen molar-refractivity contribution in [1.29, 1.82) is 0 Å². The summed E-state index contributed by atoms with van der Waals surface area (Å²) in [7, 11) is 0.